The molecule has 0 saturated carbocycles. The van der Waals surface area contributed by atoms with Crippen LogP contribution in [0, 0.1) is 13.8 Å². The molecule has 0 N–H and O–H groups in total. The van der Waals surface area contributed by atoms with E-state index in [-0.39, 0.29) is 76.8 Å². The van der Waals surface area contributed by atoms with E-state index in [4.69, 9.17) is 0 Å². The van der Waals surface area contributed by atoms with Gasteiger partial charge in [-0.25, -0.2) is 11.6 Å². The van der Waals surface area contributed by atoms with Gasteiger partial charge in [-0.15, -0.1) is 0 Å². The summed E-state index contributed by atoms with van der Waals surface area (Å²) in [6.07, 6.45) is 0. The second-order valence-electron chi connectivity index (χ2n) is 1.97. The maximum absolute atomic E-state index is 2.17. The molecule has 0 nitrogen and oxygen atoms in total. The van der Waals surface area contributed by atoms with Gasteiger partial charge in [-0.3, -0.25) is 0 Å². The Morgan fingerprint density at radius 3 is 1.73 bits per heavy atom. The minimum atomic E-state index is 0. The van der Waals surface area contributed by atoms with Crippen LogP contribution in [0.3, 0.4) is 0 Å². The zero-order valence-electron chi connectivity index (χ0n) is 6.37. The van der Waals surface area contributed by atoms with Crippen molar-refractivity contribution in [3.63, 3.8) is 0 Å². The number of halogens is 3. The zero-order chi connectivity index (χ0) is 5.28. The first-order chi connectivity index (χ1) is 3.29. The molecule has 0 unspecified atom stereocenters. The van der Waals surface area contributed by atoms with Crippen LogP contribution >= 0.6 is 0 Å². The van der Waals surface area contributed by atoms with Gasteiger partial charge in [-0.1, -0.05) is 13.8 Å². The van der Waals surface area contributed by atoms with Crippen LogP contribution in [0.4, 0.5) is 0 Å². The van der Waals surface area contributed by atoms with E-state index in [0.717, 1.165) is 0 Å². The standard InChI is InChI=1S/C7H9.3BrH.Hf/c1-6-3-4-7(2)5-6;;;;/h3-5H,1-2H3;3*1H;/q-1;;;;+4/p-3. The Morgan fingerprint density at radius 2 is 1.64 bits per heavy atom. The van der Waals surface area contributed by atoms with Crippen LogP contribution < -0.4 is 50.9 Å². The van der Waals surface area contributed by atoms with E-state index in [1.807, 2.05) is 0 Å². The predicted octanol–water partition coefficient (Wildman–Crippen LogP) is -6.97. The largest absolute Gasteiger partial charge is 4.00 e. The first-order valence-corrected chi connectivity index (χ1v) is 2.49. The maximum Gasteiger partial charge on any atom is 4.00 e. The van der Waals surface area contributed by atoms with Crippen molar-refractivity contribution in [1.82, 2.24) is 0 Å². The van der Waals surface area contributed by atoms with Gasteiger partial charge in [0.25, 0.3) is 0 Å². The molecule has 4 heteroatoms. The number of rotatable bonds is 0. The summed E-state index contributed by atoms with van der Waals surface area (Å²) in [4.78, 5) is 0. The molecule has 0 amide bonds. The van der Waals surface area contributed by atoms with Crippen molar-refractivity contribution < 1.29 is 76.8 Å². The fourth-order valence-corrected chi connectivity index (χ4v) is 0.718. The molecule has 0 fully saturated rings. The monoisotopic (exact) mass is 510 g/mol. The van der Waals surface area contributed by atoms with Gasteiger partial charge in [0.15, 0.2) is 0 Å². The third-order valence-electron chi connectivity index (χ3n) is 1.06. The van der Waals surface area contributed by atoms with E-state index < -0.39 is 0 Å². The van der Waals surface area contributed by atoms with E-state index in [1.54, 1.807) is 0 Å². The number of aryl methyl sites for hydroxylation is 2. The molecule has 0 heterocycles. The van der Waals surface area contributed by atoms with Crippen LogP contribution in [-0.4, -0.2) is 0 Å². The molecule has 0 radical (unpaired) electrons. The van der Waals surface area contributed by atoms with Crippen LogP contribution in [0.1, 0.15) is 11.1 Å². The third kappa shape index (κ3) is 9.58. The Morgan fingerprint density at radius 1 is 1.18 bits per heavy atom. The predicted molar refractivity (Wildman–Crippen MR) is 31.5 cm³/mol. The van der Waals surface area contributed by atoms with Crippen molar-refractivity contribution in [2.75, 3.05) is 0 Å². The third-order valence-corrected chi connectivity index (χ3v) is 1.06. The van der Waals surface area contributed by atoms with Gasteiger partial charge in [0.05, 0.1) is 0 Å². The molecule has 0 aromatic heterocycles. The fourth-order valence-electron chi connectivity index (χ4n) is 0.718. The first kappa shape index (κ1) is 23.0. The first-order valence-electron chi connectivity index (χ1n) is 2.49. The van der Waals surface area contributed by atoms with Gasteiger partial charge >= 0.3 is 25.8 Å². The van der Waals surface area contributed by atoms with Gasteiger partial charge in [0, 0.05) is 0 Å². The van der Waals surface area contributed by atoms with Crippen LogP contribution in [-0.2, 0) is 25.8 Å². The molecular formula is C7H9Br3Hf. The quantitative estimate of drug-likeness (QED) is 0.240. The van der Waals surface area contributed by atoms with Crippen LogP contribution in [0.5, 0.6) is 0 Å². The fraction of sp³-hybridized carbons (Fsp3) is 0.286. The van der Waals surface area contributed by atoms with Gasteiger partial charge < -0.3 is 50.9 Å². The Labute approximate surface area is 119 Å². The summed E-state index contributed by atoms with van der Waals surface area (Å²) in [5.74, 6) is 0. The van der Waals surface area contributed by atoms with Crippen LogP contribution in [0.25, 0.3) is 0 Å². The number of hydrogen-bond acceptors (Lipinski definition) is 0. The second-order valence-corrected chi connectivity index (χ2v) is 1.97. The molecule has 0 bridgehead atoms. The van der Waals surface area contributed by atoms with Gasteiger partial charge in [-0.05, 0) is 0 Å². The summed E-state index contributed by atoms with van der Waals surface area (Å²) in [6.45, 7) is 4.21. The Kier molecular flexibility index (Phi) is 24.3. The minimum Gasteiger partial charge on any atom is -1.00 e. The normalized spacial score (nSPS) is 6.00. The van der Waals surface area contributed by atoms with Crippen molar-refractivity contribution in [2.45, 2.75) is 13.8 Å². The van der Waals surface area contributed by atoms with E-state index in [9.17, 15) is 0 Å². The van der Waals surface area contributed by atoms with Crippen LogP contribution in [0.2, 0.25) is 0 Å². The van der Waals surface area contributed by atoms with Crippen molar-refractivity contribution in [2.24, 2.45) is 0 Å². The van der Waals surface area contributed by atoms with Gasteiger partial charge in [0.2, 0.25) is 0 Å². The average Bonchev–Trinajstić information content (AvgIpc) is 1.87. The summed E-state index contributed by atoms with van der Waals surface area (Å²) < 4.78 is 0. The second kappa shape index (κ2) is 11.7. The van der Waals surface area contributed by atoms with Crippen LogP contribution in [0.15, 0.2) is 18.2 Å². The van der Waals surface area contributed by atoms with Gasteiger partial charge in [-0.2, -0.15) is 17.7 Å². The topological polar surface area (TPSA) is 0 Å². The molecule has 62 valence electrons. The Bertz CT molecular complexity index is 146. The zero-order valence-corrected chi connectivity index (χ0v) is 14.7. The van der Waals surface area contributed by atoms with Crippen molar-refractivity contribution in [3.05, 3.63) is 29.3 Å². The summed E-state index contributed by atoms with van der Waals surface area (Å²) in [5, 5.41) is 0. The average molecular weight is 511 g/mol. The molecule has 1 rings (SSSR count). The maximum atomic E-state index is 2.17. The Balaban J connectivity index is -0.0000000612. The molecule has 0 saturated heterocycles. The summed E-state index contributed by atoms with van der Waals surface area (Å²) in [5.41, 5.74) is 2.72. The molecule has 0 atom stereocenters. The smallest absolute Gasteiger partial charge is 1.00 e. The van der Waals surface area contributed by atoms with E-state index in [2.05, 4.69) is 32.0 Å². The van der Waals surface area contributed by atoms with E-state index >= 15 is 0 Å². The van der Waals surface area contributed by atoms with Crippen molar-refractivity contribution >= 4 is 0 Å². The molecule has 1 aromatic carbocycles. The van der Waals surface area contributed by atoms with Crippen molar-refractivity contribution in [1.29, 1.82) is 0 Å². The SMILES string of the molecule is Cc1cc[c-](C)c1.[Br-].[Br-].[Br-].[Hf+4]. The minimum absolute atomic E-state index is 0. The molecule has 0 aliphatic heterocycles. The molecule has 0 aliphatic rings. The molecular weight excluding hydrogens is 502 g/mol. The summed E-state index contributed by atoms with van der Waals surface area (Å²) in [7, 11) is 0. The Hall–Kier alpha value is 1.66. The molecule has 11 heavy (non-hydrogen) atoms. The van der Waals surface area contributed by atoms with E-state index in [1.165, 1.54) is 11.1 Å². The number of hydrogen-bond donors (Lipinski definition) is 0. The van der Waals surface area contributed by atoms with E-state index in [0.29, 0.717) is 0 Å². The van der Waals surface area contributed by atoms with Crippen molar-refractivity contribution in [3.8, 4) is 0 Å². The van der Waals surface area contributed by atoms with Gasteiger partial charge in [0.1, 0.15) is 0 Å². The molecule has 0 aliphatic carbocycles. The summed E-state index contributed by atoms with van der Waals surface area (Å²) in [6, 6.07) is 6.41. The molecule has 1 aromatic rings. The molecule has 0 spiro atoms. The summed E-state index contributed by atoms with van der Waals surface area (Å²) >= 11 is 0.